The Bertz CT molecular complexity index is 742. The summed E-state index contributed by atoms with van der Waals surface area (Å²) in [6.07, 6.45) is -4.69. The van der Waals surface area contributed by atoms with Crippen LogP contribution in [0.2, 0.25) is 0 Å². The van der Waals surface area contributed by atoms with E-state index in [2.05, 4.69) is 19.7 Å². The molecule has 0 aliphatic heterocycles. The number of alkyl halides is 3. The van der Waals surface area contributed by atoms with Gasteiger partial charge in [-0.3, -0.25) is 4.79 Å². The van der Waals surface area contributed by atoms with E-state index in [0.29, 0.717) is 11.1 Å². The largest absolute Gasteiger partial charge is 0.464 e. The van der Waals surface area contributed by atoms with E-state index in [9.17, 15) is 22.8 Å². The SMILES string of the molecule is COC(=O)c1csc(CSc2nc(C(F)(F)F)cc(=O)[nH]2)n1. The van der Waals surface area contributed by atoms with Crippen molar-refractivity contribution in [3.05, 3.63) is 38.2 Å². The number of hydrogen-bond donors (Lipinski definition) is 1. The molecule has 0 radical (unpaired) electrons. The Morgan fingerprint density at radius 3 is 2.82 bits per heavy atom. The Labute approximate surface area is 129 Å². The first-order chi connectivity index (χ1) is 10.3. The molecule has 0 aliphatic rings. The van der Waals surface area contributed by atoms with Gasteiger partial charge in [0.2, 0.25) is 0 Å². The fourth-order valence-electron chi connectivity index (χ4n) is 1.35. The number of carbonyl (C=O) groups excluding carboxylic acids is 1. The van der Waals surface area contributed by atoms with Crippen molar-refractivity contribution in [1.29, 1.82) is 0 Å². The Morgan fingerprint density at radius 1 is 1.45 bits per heavy atom. The third kappa shape index (κ3) is 4.07. The predicted octanol–water partition coefficient (Wildman–Crippen LogP) is 2.32. The van der Waals surface area contributed by atoms with Crippen LogP contribution < -0.4 is 5.56 Å². The highest BCUT2D eigenvalue weighted by atomic mass is 32.2. The topological polar surface area (TPSA) is 84.9 Å². The number of ether oxygens (including phenoxy) is 1. The second-order valence-electron chi connectivity index (χ2n) is 3.84. The number of aromatic nitrogens is 3. The van der Waals surface area contributed by atoms with Crippen molar-refractivity contribution in [3.63, 3.8) is 0 Å². The number of aromatic amines is 1. The Hall–Kier alpha value is -1.88. The number of carbonyl (C=O) groups is 1. The quantitative estimate of drug-likeness (QED) is 0.517. The second-order valence-corrected chi connectivity index (χ2v) is 5.75. The first-order valence-corrected chi connectivity index (χ1v) is 7.50. The zero-order chi connectivity index (χ0) is 16.3. The lowest BCUT2D eigenvalue weighted by atomic mass is 10.4. The molecule has 2 rings (SSSR count). The molecule has 0 fully saturated rings. The van der Waals surface area contributed by atoms with Crippen molar-refractivity contribution < 1.29 is 22.7 Å². The minimum absolute atomic E-state index is 0.119. The molecule has 118 valence electrons. The third-order valence-corrected chi connectivity index (χ3v) is 4.21. The van der Waals surface area contributed by atoms with Crippen LogP contribution in [0.5, 0.6) is 0 Å². The second kappa shape index (κ2) is 6.48. The van der Waals surface area contributed by atoms with E-state index in [-0.39, 0.29) is 16.6 Å². The monoisotopic (exact) mass is 351 g/mol. The maximum absolute atomic E-state index is 12.6. The van der Waals surface area contributed by atoms with Crippen molar-refractivity contribution in [3.8, 4) is 0 Å². The summed E-state index contributed by atoms with van der Waals surface area (Å²) < 4.78 is 42.2. The van der Waals surface area contributed by atoms with Crippen molar-refractivity contribution in [2.24, 2.45) is 0 Å². The van der Waals surface area contributed by atoms with Crippen LogP contribution in [0.4, 0.5) is 13.2 Å². The molecular formula is C11H8F3N3O3S2. The number of hydrogen-bond acceptors (Lipinski definition) is 7. The van der Waals surface area contributed by atoms with E-state index in [1.54, 1.807) is 0 Å². The Balaban J connectivity index is 2.12. The molecule has 0 saturated heterocycles. The lowest BCUT2D eigenvalue weighted by Crippen LogP contribution is -2.16. The van der Waals surface area contributed by atoms with Gasteiger partial charge in [0.25, 0.3) is 5.56 Å². The van der Waals surface area contributed by atoms with Gasteiger partial charge < -0.3 is 9.72 Å². The van der Waals surface area contributed by atoms with E-state index in [0.717, 1.165) is 23.1 Å². The number of nitrogens with zero attached hydrogens (tertiary/aromatic N) is 2. The average Bonchev–Trinajstić information content (AvgIpc) is 2.91. The number of rotatable bonds is 4. The summed E-state index contributed by atoms with van der Waals surface area (Å²) in [5, 5.41) is 1.80. The van der Waals surface area contributed by atoms with E-state index in [1.165, 1.54) is 12.5 Å². The third-order valence-electron chi connectivity index (χ3n) is 2.29. The van der Waals surface area contributed by atoms with Crippen LogP contribution in [-0.2, 0) is 16.7 Å². The molecule has 0 amide bonds. The minimum Gasteiger partial charge on any atom is -0.464 e. The molecule has 0 saturated carbocycles. The molecule has 0 aromatic carbocycles. The molecule has 0 atom stereocenters. The maximum Gasteiger partial charge on any atom is 0.433 e. The zero-order valence-electron chi connectivity index (χ0n) is 10.9. The number of thiazole rings is 1. The smallest absolute Gasteiger partial charge is 0.433 e. The normalized spacial score (nSPS) is 11.5. The summed E-state index contributed by atoms with van der Waals surface area (Å²) in [7, 11) is 1.22. The number of nitrogens with one attached hydrogen (secondary N) is 1. The van der Waals surface area contributed by atoms with E-state index in [1.807, 2.05) is 0 Å². The number of halogens is 3. The fourth-order valence-corrected chi connectivity index (χ4v) is 3.01. The highest BCUT2D eigenvalue weighted by molar-refractivity contribution is 7.98. The summed E-state index contributed by atoms with van der Waals surface area (Å²) in [5.41, 5.74) is -2.03. The van der Waals surface area contributed by atoms with Crippen LogP contribution in [0.15, 0.2) is 21.4 Å². The van der Waals surface area contributed by atoms with Gasteiger partial charge in [0.1, 0.15) is 5.01 Å². The molecule has 2 aromatic rings. The number of methoxy groups -OCH3 is 1. The van der Waals surface area contributed by atoms with Gasteiger partial charge in [-0.25, -0.2) is 14.8 Å². The molecule has 6 nitrogen and oxygen atoms in total. The van der Waals surface area contributed by atoms with Gasteiger partial charge in [-0.05, 0) is 0 Å². The molecule has 11 heteroatoms. The summed E-state index contributed by atoms with van der Waals surface area (Å²) in [6.45, 7) is 0. The number of H-pyrrole nitrogens is 1. The van der Waals surface area contributed by atoms with Gasteiger partial charge in [0.15, 0.2) is 16.5 Å². The number of thioether (sulfide) groups is 1. The molecule has 0 unspecified atom stereocenters. The molecule has 0 spiro atoms. The van der Waals surface area contributed by atoms with Crippen LogP contribution in [0, 0.1) is 0 Å². The van der Waals surface area contributed by atoms with Gasteiger partial charge in [-0.1, -0.05) is 11.8 Å². The Morgan fingerprint density at radius 2 is 2.18 bits per heavy atom. The lowest BCUT2D eigenvalue weighted by Gasteiger charge is -2.06. The van der Waals surface area contributed by atoms with Gasteiger partial charge in [0.05, 0.1) is 12.9 Å². The van der Waals surface area contributed by atoms with E-state index >= 15 is 0 Å². The van der Waals surface area contributed by atoms with Gasteiger partial charge in [-0.2, -0.15) is 13.2 Å². The molecular weight excluding hydrogens is 343 g/mol. The molecule has 2 aromatic heterocycles. The lowest BCUT2D eigenvalue weighted by molar-refractivity contribution is -0.141. The van der Waals surface area contributed by atoms with Gasteiger partial charge >= 0.3 is 12.1 Å². The first kappa shape index (κ1) is 16.5. The standard InChI is InChI=1S/C11H8F3N3O3S2/c1-20-9(19)5-3-21-8(15-5)4-22-10-16-6(11(12,13)14)2-7(18)17-10/h2-3H,4H2,1H3,(H,16,17,18). The zero-order valence-corrected chi connectivity index (χ0v) is 12.6. The van der Waals surface area contributed by atoms with Gasteiger partial charge in [0, 0.05) is 11.4 Å². The molecule has 0 bridgehead atoms. The summed E-state index contributed by atoms with van der Waals surface area (Å²) in [4.78, 5) is 32.0. The van der Waals surface area contributed by atoms with Crippen LogP contribution in [0.25, 0.3) is 0 Å². The highest BCUT2D eigenvalue weighted by Crippen LogP contribution is 2.28. The minimum atomic E-state index is -4.69. The molecule has 22 heavy (non-hydrogen) atoms. The van der Waals surface area contributed by atoms with Crippen molar-refractivity contribution in [2.45, 2.75) is 17.1 Å². The molecule has 2 heterocycles. The van der Waals surface area contributed by atoms with Crippen LogP contribution in [-0.4, -0.2) is 28.0 Å². The summed E-state index contributed by atoms with van der Waals surface area (Å²) >= 11 is 2.03. The Kier molecular flexibility index (Phi) is 4.86. The average molecular weight is 351 g/mol. The highest BCUT2D eigenvalue weighted by Gasteiger charge is 2.33. The van der Waals surface area contributed by atoms with Gasteiger partial charge in [-0.15, -0.1) is 11.3 Å². The van der Waals surface area contributed by atoms with Crippen LogP contribution in [0.1, 0.15) is 21.2 Å². The molecule has 0 aliphatic carbocycles. The fraction of sp³-hybridized carbons (Fsp3) is 0.273. The number of esters is 1. The predicted molar refractivity (Wildman–Crippen MR) is 72.9 cm³/mol. The van der Waals surface area contributed by atoms with Crippen molar-refractivity contribution in [2.75, 3.05) is 7.11 Å². The molecule has 1 N–H and O–H groups in total. The van der Waals surface area contributed by atoms with Crippen LogP contribution >= 0.6 is 23.1 Å². The van der Waals surface area contributed by atoms with Crippen molar-refractivity contribution in [1.82, 2.24) is 15.0 Å². The van der Waals surface area contributed by atoms with E-state index < -0.39 is 23.4 Å². The van der Waals surface area contributed by atoms with Crippen molar-refractivity contribution >= 4 is 29.1 Å². The van der Waals surface area contributed by atoms with E-state index in [4.69, 9.17) is 0 Å². The summed E-state index contributed by atoms with van der Waals surface area (Å²) in [5.74, 6) is -0.440. The first-order valence-electron chi connectivity index (χ1n) is 5.63. The van der Waals surface area contributed by atoms with Crippen LogP contribution in [0.3, 0.4) is 0 Å². The summed E-state index contributed by atoms with van der Waals surface area (Å²) in [6, 6.07) is 0.392. The maximum atomic E-state index is 12.6.